The average Bonchev–Trinajstić information content (AvgIpc) is 2.66. The van der Waals surface area contributed by atoms with Crippen molar-refractivity contribution in [3.05, 3.63) is 30.1 Å². The van der Waals surface area contributed by atoms with E-state index in [-0.39, 0.29) is 0 Å². The molecule has 0 unspecified atom stereocenters. The van der Waals surface area contributed by atoms with Crippen LogP contribution in [0.5, 0.6) is 0 Å². The summed E-state index contributed by atoms with van der Waals surface area (Å²) in [6.07, 6.45) is 3.73. The molecule has 2 atom stereocenters. The van der Waals surface area contributed by atoms with E-state index in [1.165, 1.54) is 25.2 Å². The van der Waals surface area contributed by atoms with Gasteiger partial charge >= 0.3 is 0 Å². The first-order valence-corrected chi connectivity index (χ1v) is 6.04. The summed E-state index contributed by atoms with van der Waals surface area (Å²) in [6, 6.07) is 4.18. The molecular weight excluding hydrogens is 198 g/mol. The molecule has 1 saturated heterocycles. The first kappa shape index (κ1) is 11.6. The van der Waals surface area contributed by atoms with Crippen molar-refractivity contribution in [2.24, 2.45) is 11.8 Å². The lowest BCUT2D eigenvalue weighted by atomic mass is 9.97. The molecule has 0 radical (unpaired) electrons. The molecule has 2 heterocycles. The SMILES string of the molecule is C[C@@H]1CNC[C@H]1CN(C)Cc1ccncc1. The minimum absolute atomic E-state index is 0.798. The van der Waals surface area contributed by atoms with Crippen LogP contribution in [0.25, 0.3) is 0 Å². The second kappa shape index (κ2) is 5.41. The molecule has 0 saturated carbocycles. The van der Waals surface area contributed by atoms with Crippen LogP contribution in [0.1, 0.15) is 12.5 Å². The summed E-state index contributed by atoms with van der Waals surface area (Å²) in [4.78, 5) is 6.45. The van der Waals surface area contributed by atoms with Gasteiger partial charge in [-0.1, -0.05) is 6.92 Å². The molecule has 0 aromatic carbocycles. The maximum atomic E-state index is 4.04. The summed E-state index contributed by atoms with van der Waals surface area (Å²) in [5, 5.41) is 3.45. The van der Waals surface area contributed by atoms with Crippen molar-refractivity contribution in [2.75, 3.05) is 26.7 Å². The maximum Gasteiger partial charge on any atom is 0.0271 e. The van der Waals surface area contributed by atoms with Gasteiger partial charge in [-0.25, -0.2) is 0 Å². The van der Waals surface area contributed by atoms with Crippen LogP contribution in [-0.4, -0.2) is 36.6 Å². The molecule has 1 aromatic heterocycles. The zero-order valence-corrected chi connectivity index (χ0v) is 10.2. The van der Waals surface area contributed by atoms with Crippen molar-refractivity contribution in [1.82, 2.24) is 15.2 Å². The van der Waals surface area contributed by atoms with Gasteiger partial charge in [0.1, 0.15) is 0 Å². The summed E-state index contributed by atoms with van der Waals surface area (Å²) >= 11 is 0. The number of hydrogen-bond donors (Lipinski definition) is 1. The fourth-order valence-electron chi connectivity index (χ4n) is 2.37. The minimum atomic E-state index is 0.798. The second-order valence-electron chi connectivity index (χ2n) is 4.95. The van der Waals surface area contributed by atoms with Crippen molar-refractivity contribution in [3.8, 4) is 0 Å². The maximum absolute atomic E-state index is 4.04. The number of aromatic nitrogens is 1. The van der Waals surface area contributed by atoms with Crippen LogP contribution in [0, 0.1) is 11.8 Å². The Kier molecular flexibility index (Phi) is 3.91. The molecular formula is C13H21N3. The summed E-state index contributed by atoms with van der Waals surface area (Å²) in [5.41, 5.74) is 1.34. The molecule has 2 rings (SSSR count). The van der Waals surface area contributed by atoms with E-state index in [2.05, 4.69) is 41.3 Å². The van der Waals surface area contributed by atoms with Gasteiger partial charge in [-0.15, -0.1) is 0 Å². The Morgan fingerprint density at radius 3 is 2.75 bits per heavy atom. The molecule has 1 aliphatic heterocycles. The minimum Gasteiger partial charge on any atom is -0.316 e. The van der Waals surface area contributed by atoms with E-state index in [4.69, 9.17) is 0 Å². The van der Waals surface area contributed by atoms with Gasteiger partial charge in [-0.3, -0.25) is 4.98 Å². The number of nitrogens with one attached hydrogen (secondary N) is 1. The zero-order chi connectivity index (χ0) is 11.4. The Morgan fingerprint density at radius 1 is 1.38 bits per heavy atom. The van der Waals surface area contributed by atoms with E-state index >= 15 is 0 Å². The Balaban J connectivity index is 1.82. The molecule has 3 nitrogen and oxygen atoms in total. The van der Waals surface area contributed by atoms with Crippen molar-refractivity contribution < 1.29 is 0 Å². The van der Waals surface area contributed by atoms with Gasteiger partial charge in [0.15, 0.2) is 0 Å². The Bertz CT molecular complexity index is 312. The van der Waals surface area contributed by atoms with Crippen molar-refractivity contribution >= 4 is 0 Å². The van der Waals surface area contributed by atoms with Crippen molar-refractivity contribution in [1.29, 1.82) is 0 Å². The van der Waals surface area contributed by atoms with Crippen LogP contribution in [-0.2, 0) is 6.54 Å². The fraction of sp³-hybridized carbons (Fsp3) is 0.615. The Labute approximate surface area is 97.9 Å². The smallest absolute Gasteiger partial charge is 0.0271 e. The average molecular weight is 219 g/mol. The van der Waals surface area contributed by atoms with E-state index < -0.39 is 0 Å². The first-order valence-electron chi connectivity index (χ1n) is 6.04. The molecule has 1 fully saturated rings. The molecule has 0 bridgehead atoms. The van der Waals surface area contributed by atoms with Crippen LogP contribution >= 0.6 is 0 Å². The summed E-state index contributed by atoms with van der Waals surface area (Å²) in [6.45, 7) is 6.88. The van der Waals surface area contributed by atoms with Gasteiger partial charge in [-0.2, -0.15) is 0 Å². The van der Waals surface area contributed by atoms with E-state index in [1.54, 1.807) is 0 Å². The highest BCUT2D eigenvalue weighted by Crippen LogP contribution is 2.17. The van der Waals surface area contributed by atoms with Crippen LogP contribution in [0.3, 0.4) is 0 Å². The van der Waals surface area contributed by atoms with Crippen LogP contribution < -0.4 is 5.32 Å². The third kappa shape index (κ3) is 3.03. The highest BCUT2D eigenvalue weighted by molar-refractivity contribution is 5.09. The summed E-state index contributed by atoms with van der Waals surface area (Å²) < 4.78 is 0. The first-order chi connectivity index (χ1) is 7.75. The molecule has 1 N–H and O–H groups in total. The second-order valence-corrected chi connectivity index (χ2v) is 4.95. The topological polar surface area (TPSA) is 28.2 Å². The molecule has 3 heteroatoms. The molecule has 16 heavy (non-hydrogen) atoms. The van der Waals surface area contributed by atoms with E-state index in [0.717, 1.165) is 18.4 Å². The molecule has 0 amide bonds. The fourth-order valence-corrected chi connectivity index (χ4v) is 2.37. The van der Waals surface area contributed by atoms with Gasteiger partial charge in [0.25, 0.3) is 0 Å². The van der Waals surface area contributed by atoms with E-state index in [9.17, 15) is 0 Å². The van der Waals surface area contributed by atoms with Crippen molar-refractivity contribution in [2.45, 2.75) is 13.5 Å². The number of rotatable bonds is 4. The van der Waals surface area contributed by atoms with E-state index in [1.807, 2.05) is 12.4 Å². The van der Waals surface area contributed by atoms with Crippen LogP contribution in [0.4, 0.5) is 0 Å². The lowest BCUT2D eigenvalue weighted by Gasteiger charge is -2.23. The largest absolute Gasteiger partial charge is 0.316 e. The van der Waals surface area contributed by atoms with Gasteiger partial charge in [0.2, 0.25) is 0 Å². The standard InChI is InChI=1S/C13H21N3/c1-11-7-15-8-13(11)10-16(2)9-12-3-5-14-6-4-12/h3-6,11,13,15H,7-10H2,1-2H3/t11-,13+/m1/s1. The number of hydrogen-bond acceptors (Lipinski definition) is 3. The molecule has 0 aliphatic carbocycles. The quantitative estimate of drug-likeness (QED) is 0.829. The Morgan fingerprint density at radius 2 is 2.12 bits per heavy atom. The van der Waals surface area contributed by atoms with Crippen molar-refractivity contribution in [3.63, 3.8) is 0 Å². The van der Waals surface area contributed by atoms with Crippen LogP contribution in [0.15, 0.2) is 24.5 Å². The van der Waals surface area contributed by atoms with Crippen LogP contribution in [0.2, 0.25) is 0 Å². The molecule has 88 valence electrons. The number of nitrogens with zero attached hydrogens (tertiary/aromatic N) is 2. The van der Waals surface area contributed by atoms with Gasteiger partial charge < -0.3 is 10.2 Å². The normalized spacial score (nSPS) is 25.2. The molecule has 1 aromatic rings. The van der Waals surface area contributed by atoms with Gasteiger partial charge in [0, 0.05) is 25.5 Å². The predicted molar refractivity (Wildman–Crippen MR) is 66.1 cm³/mol. The Hall–Kier alpha value is -0.930. The highest BCUT2D eigenvalue weighted by atomic mass is 15.1. The zero-order valence-electron chi connectivity index (χ0n) is 10.2. The predicted octanol–water partition coefficient (Wildman–Crippen LogP) is 1.37. The van der Waals surface area contributed by atoms with Gasteiger partial charge in [0.05, 0.1) is 0 Å². The van der Waals surface area contributed by atoms with Gasteiger partial charge in [-0.05, 0) is 49.7 Å². The molecule has 1 aliphatic rings. The lowest BCUT2D eigenvalue weighted by molar-refractivity contribution is 0.252. The lowest BCUT2D eigenvalue weighted by Crippen LogP contribution is -2.28. The third-order valence-electron chi connectivity index (χ3n) is 3.43. The number of pyridine rings is 1. The third-order valence-corrected chi connectivity index (χ3v) is 3.43. The summed E-state index contributed by atoms with van der Waals surface area (Å²) in [7, 11) is 2.20. The molecule has 0 spiro atoms. The highest BCUT2D eigenvalue weighted by Gasteiger charge is 2.23. The summed E-state index contributed by atoms with van der Waals surface area (Å²) in [5.74, 6) is 1.60. The van der Waals surface area contributed by atoms with E-state index in [0.29, 0.717) is 0 Å². The monoisotopic (exact) mass is 219 g/mol.